The Labute approximate surface area is 70.4 Å². The highest BCUT2D eigenvalue weighted by Gasteiger charge is 2.07. The van der Waals surface area contributed by atoms with E-state index in [0.717, 1.165) is 0 Å². The summed E-state index contributed by atoms with van der Waals surface area (Å²) in [7, 11) is 0. The highest BCUT2D eigenvalue weighted by molar-refractivity contribution is 5.18. The number of anilines is 1. The van der Waals surface area contributed by atoms with Crippen LogP contribution < -0.4 is 15.2 Å². The van der Waals surface area contributed by atoms with Crippen LogP contribution in [0.2, 0.25) is 0 Å². The molecule has 0 aliphatic heterocycles. The van der Waals surface area contributed by atoms with Crippen molar-refractivity contribution >= 4 is 5.95 Å². The summed E-state index contributed by atoms with van der Waals surface area (Å²) >= 11 is 0. The van der Waals surface area contributed by atoms with Crippen molar-refractivity contribution < 1.29 is 9.47 Å². The summed E-state index contributed by atoms with van der Waals surface area (Å²) in [6.07, 6.45) is 0. The molecular weight excluding hydrogens is 158 g/mol. The maximum absolute atomic E-state index is 11.0. The Hall–Kier alpha value is -1.52. The van der Waals surface area contributed by atoms with E-state index in [1.807, 2.05) is 6.92 Å². The van der Waals surface area contributed by atoms with Crippen LogP contribution >= 0.6 is 0 Å². The lowest BCUT2D eigenvalue weighted by molar-refractivity contribution is -0.599. The number of hydrogen-bond donors (Lipinski definition) is 1. The first-order chi connectivity index (χ1) is 5.65. The zero-order valence-corrected chi connectivity index (χ0v) is 7.07. The second-order valence-corrected chi connectivity index (χ2v) is 2.32. The van der Waals surface area contributed by atoms with Crippen molar-refractivity contribution in [2.75, 3.05) is 12.3 Å². The van der Waals surface area contributed by atoms with Crippen LogP contribution in [0.1, 0.15) is 12.6 Å². The Bertz CT molecular complexity index is 265. The number of nitrogen functional groups attached to an aromatic ring is 1. The van der Waals surface area contributed by atoms with Gasteiger partial charge in [-0.2, -0.15) is 0 Å². The maximum atomic E-state index is 11.0. The Morgan fingerprint density at radius 2 is 2.42 bits per heavy atom. The van der Waals surface area contributed by atoms with E-state index >= 15 is 0 Å². The summed E-state index contributed by atoms with van der Waals surface area (Å²) in [5.74, 6) is 0.304. The fourth-order valence-corrected chi connectivity index (χ4v) is 0.830. The minimum atomic E-state index is -0.0848. The van der Waals surface area contributed by atoms with E-state index in [-0.39, 0.29) is 5.95 Å². The molecule has 0 saturated heterocycles. The fraction of sp³-hybridized carbons (Fsp3) is 0.429. The van der Waals surface area contributed by atoms with Gasteiger partial charge in [0.1, 0.15) is 0 Å². The van der Waals surface area contributed by atoms with Gasteiger partial charge in [-0.05, 0) is 18.8 Å². The highest BCUT2D eigenvalue weighted by atomic mass is 16.5. The van der Waals surface area contributed by atoms with E-state index in [4.69, 9.17) is 10.5 Å². The number of aromatic nitrogens is 2. The van der Waals surface area contributed by atoms with E-state index in [0.29, 0.717) is 22.9 Å². The summed E-state index contributed by atoms with van der Waals surface area (Å²) in [5.41, 5.74) is 5.79. The smallest absolute Gasteiger partial charge is 0.393 e. The van der Waals surface area contributed by atoms with Gasteiger partial charge in [-0.15, -0.1) is 0 Å². The number of nitrogens with two attached hydrogens (primary N) is 1. The first kappa shape index (κ1) is 8.58. The topological polar surface area (TPSA) is 75.1 Å². The number of rotatable bonds is 2. The van der Waals surface area contributed by atoms with Gasteiger partial charge in [0.25, 0.3) is 5.88 Å². The number of hydrogen-bond acceptors (Lipinski definition) is 4. The molecule has 66 valence electrons. The molecule has 2 N–H and O–H groups in total. The van der Waals surface area contributed by atoms with Crippen molar-refractivity contribution in [1.29, 1.82) is 0 Å². The van der Waals surface area contributed by atoms with Gasteiger partial charge >= 0.3 is 5.95 Å². The third-order valence-corrected chi connectivity index (χ3v) is 1.38. The van der Waals surface area contributed by atoms with E-state index in [1.54, 1.807) is 13.0 Å². The van der Waals surface area contributed by atoms with Crippen LogP contribution in [-0.4, -0.2) is 11.6 Å². The first-order valence-electron chi connectivity index (χ1n) is 3.64. The number of nitrogens with zero attached hydrogens (tertiary/aromatic N) is 2. The molecule has 0 spiro atoms. The van der Waals surface area contributed by atoms with Gasteiger partial charge < -0.3 is 9.94 Å². The van der Waals surface area contributed by atoms with Gasteiger partial charge in [0.2, 0.25) is 0 Å². The van der Waals surface area contributed by atoms with Crippen LogP contribution in [0.5, 0.6) is 5.88 Å². The van der Waals surface area contributed by atoms with Crippen molar-refractivity contribution in [3.63, 3.8) is 0 Å². The molecule has 1 heterocycles. The molecule has 12 heavy (non-hydrogen) atoms. The lowest BCUT2D eigenvalue weighted by Gasteiger charge is -2.08. The van der Waals surface area contributed by atoms with Crippen LogP contribution in [0, 0.1) is 12.1 Å². The zero-order chi connectivity index (χ0) is 9.14. The average molecular weight is 169 g/mol. The Kier molecular flexibility index (Phi) is 2.32. The molecule has 0 fully saturated rings. The molecule has 1 aromatic heterocycles. The molecule has 0 atom stereocenters. The fourth-order valence-electron chi connectivity index (χ4n) is 0.830. The first-order valence-corrected chi connectivity index (χ1v) is 3.64. The van der Waals surface area contributed by atoms with Crippen LogP contribution in [0.25, 0.3) is 0 Å². The Morgan fingerprint density at radius 1 is 1.75 bits per heavy atom. The van der Waals surface area contributed by atoms with Gasteiger partial charge in [-0.1, -0.05) is 0 Å². The largest absolute Gasteiger partial charge is 0.740 e. The summed E-state index contributed by atoms with van der Waals surface area (Å²) in [6.45, 7) is 3.99. The molecule has 5 nitrogen and oxygen atoms in total. The second kappa shape index (κ2) is 3.25. The molecular formula is C7H11N3O2. The van der Waals surface area contributed by atoms with Crippen molar-refractivity contribution in [3.05, 3.63) is 17.0 Å². The zero-order valence-electron chi connectivity index (χ0n) is 7.07. The van der Waals surface area contributed by atoms with Crippen molar-refractivity contribution in [2.24, 2.45) is 0 Å². The van der Waals surface area contributed by atoms with Crippen LogP contribution in [0.3, 0.4) is 0 Å². The van der Waals surface area contributed by atoms with Crippen molar-refractivity contribution in [3.8, 4) is 5.88 Å². The minimum absolute atomic E-state index is 0.0848. The van der Waals surface area contributed by atoms with Crippen molar-refractivity contribution in [2.45, 2.75) is 13.8 Å². The molecule has 0 unspecified atom stereocenters. The molecule has 0 amide bonds. The van der Waals surface area contributed by atoms with Gasteiger partial charge in [-0.3, -0.25) is 5.73 Å². The minimum Gasteiger partial charge on any atom is -0.740 e. The van der Waals surface area contributed by atoms with E-state index in [2.05, 4.69) is 4.98 Å². The molecule has 0 radical (unpaired) electrons. The predicted molar refractivity (Wildman–Crippen MR) is 43.5 cm³/mol. The van der Waals surface area contributed by atoms with Gasteiger partial charge in [-0.25, -0.2) is 4.73 Å². The third kappa shape index (κ3) is 1.55. The third-order valence-electron chi connectivity index (χ3n) is 1.38. The molecule has 0 aliphatic carbocycles. The molecule has 0 aliphatic rings. The second-order valence-electron chi connectivity index (χ2n) is 2.32. The van der Waals surface area contributed by atoms with Crippen LogP contribution in [0.15, 0.2) is 6.07 Å². The van der Waals surface area contributed by atoms with Gasteiger partial charge in [0.05, 0.1) is 18.4 Å². The molecule has 0 aromatic carbocycles. The molecule has 1 aromatic rings. The van der Waals surface area contributed by atoms with E-state index in [1.165, 1.54) is 0 Å². The Morgan fingerprint density at radius 3 is 2.92 bits per heavy atom. The number of ether oxygens (including phenoxy) is 1. The predicted octanol–water partition coefficient (Wildman–Crippen LogP) is 0.00432. The van der Waals surface area contributed by atoms with E-state index < -0.39 is 0 Å². The molecule has 0 saturated carbocycles. The van der Waals surface area contributed by atoms with E-state index in [9.17, 15) is 5.21 Å². The van der Waals surface area contributed by atoms with Crippen molar-refractivity contribution in [1.82, 2.24) is 4.98 Å². The maximum Gasteiger partial charge on any atom is 0.393 e. The van der Waals surface area contributed by atoms with Gasteiger partial charge in [0.15, 0.2) is 0 Å². The molecule has 0 bridgehead atoms. The lowest BCUT2D eigenvalue weighted by Crippen LogP contribution is -2.35. The average Bonchev–Trinajstić information content (AvgIpc) is 2.01. The molecule has 5 heteroatoms. The summed E-state index contributed by atoms with van der Waals surface area (Å²) in [4.78, 5) is 3.73. The highest BCUT2D eigenvalue weighted by Crippen LogP contribution is 2.07. The number of aryl methyl sites for hydroxylation is 1. The summed E-state index contributed by atoms with van der Waals surface area (Å²) in [6, 6.07) is 1.55. The lowest BCUT2D eigenvalue weighted by atomic mass is 10.4. The summed E-state index contributed by atoms with van der Waals surface area (Å²) < 4.78 is 5.64. The normalized spacial score (nSPS) is 9.83. The SMILES string of the molecule is CCOc1cc(C)[n+]([O-])c(N)n1. The standard InChI is InChI=1S/C7H11N3O2/c1-3-12-6-4-5(2)10(11)7(8)9-6/h4H,3H2,1-2H3,(H2,8,9). The van der Waals surface area contributed by atoms with Crippen LogP contribution in [0.4, 0.5) is 5.95 Å². The van der Waals surface area contributed by atoms with Gasteiger partial charge in [0, 0.05) is 0 Å². The Balaban J connectivity index is 3.04. The molecule has 1 rings (SSSR count). The summed E-state index contributed by atoms with van der Waals surface area (Å²) in [5, 5.41) is 11.0. The quantitative estimate of drug-likeness (QED) is 0.499. The van der Waals surface area contributed by atoms with Crippen LogP contribution in [-0.2, 0) is 0 Å². The monoisotopic (exact) mass is 169 g/mol.